The van der Waals surface area contributed by atoms with Gasteiger partial charge in [-0.15, -0.1) is 0 Å². The van der Waals surface area contributed by atoms with Crippen molar-refractivity contribution < 1.29 is 14.3 Å². The first kappa shape index (κ1) is 12.1. The summed E-state index contributed by atoms with van der Waals surface area (Å²) in [6.07, 6.45) is 9.64. The molecule has 2 aliphatic rings. The first-order chi connectivity index (χ1) is 8.27. The third-order valence-electron chi connectivity index (χ3n) is 3.39. The number of rotatable bonds is 0. The first-order valence-corrected chi connectivity index (χ1v) is 6.39. The van der Waals surface area contributed by atoms with E-state index in [4.69, 9.17) is 4.74 Å². The van der Waals surface area contributed by atoms with Crippen molar-refractivity contribution in [2.75, 3.05) is 6.61 Å². The molecular formula is C13H19NO3. The van der Waals surface area contributed by atoms with Gasteiger partial charge in [0.2, 0.25) is 0 Å². The SMILES string of the molecule is O=C1C[C@H]2CCCC(=[N+]2[O-])CCC/C=C\CO1. The van der Waals surface area contributed by atoms with Gasteiger partial charge in [-0.1, -0.05) is 12.2 Å². The molecule has 0 saturated heterocycles. The smallest absolute Gasteiger partial charge is 0.312 e. The van der Waals surface area contributed by atoms with Gasteiger partial charge in [-0.3, -0.25) is 4.79 Å². The molecule has 94 valence electrons. The van der Waals surface area contributed by atoms with Gasteiger partial charge < -0.3 is 9.94 Å². The monoisotopic (exact) mass is 237 g/mol. The zero-order valence-electron chi connectivity index (χ0n) is 10.1. The van der Waals surface area contributed by atoms with Gasteiger partial charge in [-0.2, -0.15) is 0 Å². The molecule has 1 atom stereocenters. The number of hydrogen-bond acceptors (Lipinski definition) is 3. The molecule has 0 spiro atoms. The van der Waals surface area contributed by atoms with Crippen LogP contribution < -0.4 is 0 Å². The highest BCUT2D eigenvalue weighted by Gasteiger charge is 2.28. The molecule has 4 nitrogen and oxygen atoms in total. The van der Waals surface area contributed by atoms with Crippen molar-refractivity contribution in [2.24, 2.45) is 0 Å². The minimum atomic E-state index is -0.262. The van der Waals surface area contributed by atoms with E-state index in [1.165, 1.54) is 0 Å². The quantitative estimate of drug-likeness (QED) is 0.281. The second kappa shape index (κ2) is 5.84. The maximum Gasteiger partial charge on any atom is 0.312 e. The Morgan fingerprint density at radius 3 is 3.00 bits per heavy atom. The van der Waals surface area contributed by atoms with Gasteiger partial charge in [-0.05, 0) is 19.3 Å². The van der Waals surface area contributed by atoms with Gasteiger partial charge in [0.05, 0.1) is 0 Å². The van der Waals surface area contributed by atoms with E-state index in [0.717, 1.165) is 49.0 Å². The van der Waals surface area contributed by atoms with Gasteiger partial charge >= 0.3 is 5.97 Å². The Kier molecular flexibility index (Phi) is 4.18. The fourth-order valence-corrected chi connectivity index (χ4v) is 2.45. The fraction of sp³-hybridized carbons (Fsp3) is 0.692. The molecule has 0 saturated carbocycles. The summed E-state index contributed by atoms with van der Waals surface area (Å²) >= 11 is 0. The molecule has 0 aromatic heterocycles. The minimum Gasteiger partial charge on any atom is -0.624 e. The molecule has 2 heterocycles. The lowest BCUT2D eigenvalue weighted by Gasteiger charge is -2.24. The van der Waals surface area contributed by atoms with E-state index in [2.05, 4.69) is 0 Å². The number of allylic oxidation sites excluding steroid dienone is 1. The standard InChI is InChI=1S/C13H19NO3/c15-13-10-12-8-5-7-11(14(12)16)6-3-1-2-4-9-17-13/h2,4,12H,1,3,5-10H2/b4-2-/t12-/m1/s1. The molecule has 0 unspecified atom stereocenters. The molecule has 17 heavy (non-hydrogen) atoms. The summed E-state index contributed by atoms with van der Waals surface area (Å²) in [5.41, 5.74) is 0.961. The molecule has 4 heteroatoms. The predicted octanol–water partition coefficient (Wildman–Crippen LogP) is 2.16. The van der Waals surface area contributed by atoms with Gasteiger partial charge in [0, 0.05) is 19.3 Å². The highest BCUT2D eigenvalue weighted by molar-refractivity contribution is 5.80. The molecule has 0 amide bonds. The van der Waals surface area contributed by atoms with Crippen LogP contribution in [0.4, 0.5) is 0 Å². The van der Waals surface area contributed by atoms with Crippen molar-refractivity contribution in [3.05, 3.63) is 17.4 Å². The molecule has 0 aromatic carbocycles. The van der Waals surface area contributed by atoms with Crippen LogP contribution in [0.2, 0.25) is 0 Å². The average Bonchev–Trinajstić information content (AvgIpc) is 2.31. The van der Waals surface area contributed by atoms with Crippen LogP contribution in [-0.4, -0.2) is 29.1 Å². The van der Waals surface area contributed by atoms with E-state index in [-0.39, 0.29) is 18.4 Å². The fourth-order valence-electron chi connectivity index (χ4n) is 2.45. The summed E-state index contributed by atoms with van der Waals surface area (Å²) in [4.78, 5) is 11.5. The summed E-state index contributed by atoms with van der Waals surface area (Å²) in [6.45, 7) is 0.334. The molecule has 0 N–H and O–H groups in total. The maximum atomic E-state index is 12.0. The van der Waals surface area contributed by atoms with Gasteiger partial charge in [0.15, 0.2) is 11.8 Å². The normalized spacial score (nSPS) is 28.9. The summed E-state index contributed by atoms with van der Waals surface area (Å²) < 4.78 is 6.13. The predicted molar refractivity (Wildman–Crippen MR) is 64.8 cm³/mol. The van der Waals surface area contributed by atoms with E-state index < -0.39 is 0 Å². The lowest BCUT2D eigenvalue weighted by atomic mass is 9.97. The summed E-state index contributed by atoms with van der Waals surface area (Å²) in [5.74, 6) is -0.262. The van der Waals surface area contributed by atoms with Crippen LogP contribution in [-0.2, 0) is 9.53 Å². The number of cyclic esters (lactones) is 1. The van der Waals surface area contributed by atoms with Crippen molar-refractivity contribution in [1.82, 2.24) is 0 Å². The third kappa shape index (κ3) is 3.32. The van der Waals surface area contributed by atoms with Crippen LogP contribution in [0, 0.1) is 5.21 Å². The van der Waals surface area contributed by atoms with E-state index in [9.17, 15) is 10.0 Å². The molecule has 2 aliphatic heterocycles. The minimum absolute atomic E-state index is 0.199. The lowest BCUT2D eigenvalue weighted by Crippen LogP contribution is -2.34. The Balaban J connectivity index is 2.11. The van der Waals surface area contributed by atoms with E-state index in [1.807, 2.05) is 12.2 Å². The molecule has 0 radical (unpaired) electrons. The number of carbonyl (C=O) groups excluding carboxylic acids is 1. The summed E-state index contributed by atoms with van der Waals surface area (Å²) in [6, 6.07) is -0.199. The van der Waals surface area contributed by atoms with Crippen molar-refractivity contribution in [3.8, 4) is 0 Å². The molecular weight excluding hydrogens is 218 g/mol. The zero-order valence-corrected chi connectivity index (χ0v) is 10.1. The van der Waals surface area contributed by atoms with Gasteiger partial charge in [0.25, 0.3) is 0 Å². The Hall–Kier alpha value is -1.32. The van der Waals surface area contributed by atoms with E-state index >= 15 is 0 Å². The van der Waals surface area contributed by atoms with Crippen LogP contribution >= 0.6 is 0 Å². The molecule has 2 rings (SSSR count). The Labute approximate surface area is 102 Å². The second-order valence-electron chi connectivity index (χ2n) is 4.69. The molecule has 0 fully saturated rings. The van der Waals surface area contributed by atoms with Crippen LogP contribution in [0.5, 0.6) is 0 Å². The lowest BCUT2D eigenvalue weighted by molar-refractivity contribution is -0.508. The van der Waals surface area contributed by atoms with Crippen LogP contribution in [0.1, 0.15) is 44.9 Å². The van der Waals surface area contributed by atoms with Crippen LogP contribution in [0.15, 0.2) is 12.2 Å². The van der Waals surface area contributed by atoms with Crippen molar-refractivity contribution in [3.63, 3.8) is 0 Å². The van der Waals surface area contributed by atoms with Crippen LogP contribution in [0.25, 0.3) is 0 Å². The summed E-state index contributed by atoms with van der Waals surface area (Å²) in [5, 5.41) is 12.0. The number of hydroxylamine groups is 1. The van der Waals surface area contributed by atoms with Crippen molar-refractivity contribution >= 4 is 11.7 Å². The maximum absolute atomic E-state index is 12.0. The molecule has 0 aromatic rings. The summed E-state index contributed by atoms with van der Waals surface area (Å²) in [7, 11) is 0. The largest absolute Gasteiger partial charge is 0.624 e. The van der Waals surface area contributed by atoms with Gasteiger partial charge in [0.1, 0.15) is 13.0 Å². The van der Waals surface area contributed by atoms with Crippen LogP contribution in [0.3, 0.4) is 0 Å². The number of esters is 1. The first-order valence-electron chi connectivity index (χ1n) is 6.39. The highest BCUT2D eigenvalue weighted by Crippen LogP contribution is 2.19. The van der Waals surface area contributed by atoms with E-state index in [1.54, 1.807) is 0 Å². The highest BCUT2D eigenvalue weighted by atomic mass is 16.5. The zero-order chi connectivity index (χ0) is 12.1. The number of carbonyl (C=O) groups is 1. The van der Waals surface area contributed by atoms with Crippen molar-refractivity contribution in [1.29, 1.82) is 0 Å². The number of ether oxygens (including phenoxy) is 1. The topological polar surface area (TPSA) is 52.4 Å². The Bertz CT molecular complexity index is 347. The number of hydrogen-bond donors (Lipinski definition) is 0. The molecule has 0 aliphatic carbocycles. The Morgan fingerprint density at radius 1 is 1.29 bits per heavy atom. The molecule has 2 bridgehead atoms. The average molecular weight is 237 g/mol. The third-order valence-corrected chi connectivity index (χ3v) is 3.39. The van der Waals surface area contributed by atoms with Crippen molar-refractivity contribution in [2.45, 2.75) is 51.0 Å². The van der Waals surface area contributed by atoms with Gasteiger partial charge in [-0.25, -0.2) is 4.74 Å². The van der Waals surface area contributed by atoms with E-state index in [0.29, 0.717) is 6.61 Å². The second-order valence-corrected chi connectivity index (χ2v) is 4.69. The number of fused-ring (bicyclic) bond motifs is 1. The number of nitrogens with zero attached hydrogens (tertiary/aromatic N) is 1. The Morgan fingerprint density at radius 2 is 2.12 bits per heavy atom.